The Kier molecular flexibility index (Phi) is 7.53. The molecule has 0 amide bonds. The van der Waals surface area contributed by atoms with Crippen molar-refractivity contribution in [3.63, 3.8) is 0 Å². The van der Waals surface area contributed by atoms with Crippen LogP contribution in [0.5, 0.6) is 0 Å². The van der Waals surface area contributed by atoms with Crippen molar-refractivity contribution in [2.75, 3.05) is 19.0 Å². The van der Waals surface area contributed by atoms with Crippen molar-refractivity contribution in [1.29, 1.82) is 0 Å². The van der Waals surface area contributed by atoms with E-state index in [-0.39, 0.29) is 0 Å². The summed E-state index contributed by atoms with van der Waals surface area (Å²) in [5.74, 6) is 0.649. The number of rotatable bonds is 4. The maximum Gasteiger partial charge on any atom is 0.0348 e. The van der Waals surface area contributed by atoms with Crippen LogP contribution in [0.4, 0.5) is 0 Å². The third-order valence-electron chi connectivity index (χ3n) is 0.623. The minimum Gasteiger partial charge on any atom is -0.312 e. The Balaban J connectivity index is 2.72. The second-order valence-corrected chi connectivity index (χ2v) is 1.88. The predicted molar refractivity (Wildman–Crippen MR) is 38.6 cm³/mol. The first-order chi connectivity index (χ1) is 3.91. The van der Waals surface area contributed by atoms with Gasteiger partial charge in [-0.1, -0.05) is 17.7 Å². The van der Waals surface area contributed by atoms with E-state index in [9.17, 15) is 0 Å². The average Bonchev–Trinajstić information content (AvgIpc) is 1.81. The fourth-order valence-corrected chi connectivity index (χ4v) is 0.519. The van der Waals surface area contributed by atoms with Gasteiger partial charge in [-0.15, -0.1) is 11.6 Å². The number of hydrogen-bond acceptors (Lipinski definition) is 1. The summed E-state index contributed by atoms with van der Waals surface area (Å²) in [6.07, 6.45) is 1.83. The van der Waals surface area contributed by atoms with Crippen LogP contribution in [0, 0.1) is 0 Å². The van der Waals surface area contributed by atoms with E-state index in [1.807, 2.05) is 6.08 Å². The zero-order chi connectivity index (χ0) is 6.24. The van der Waals surface area contributed by atoms with Crippen molar-refractivity contribution in [2.24, 2.45) is 0 Å². The van der Waals surface area contributed by atoms with E-state index in [1.165, 1.54) is 5.54 Å². The molecule has 0 atom stereocenters. The molecule has 0 rings (SSSR count). The van der Waals surface area contributed by atoms with E-state index < -0.39 is 0 Å². The highest BCUT2D eigenvalue weighted by Gasteiger charge is 1.76. The molecule has 0 aromatic rings. The van der Waals surface area contributed by atoms with Gasteiger partial charge in [0.15, 0.2) is 0 Å². The van der Waals surface area contributed by atoms with Crippen LogP contribution in [-0.4, -0.2) is 19.0 Å². The van der Waals surface area contributed by atoms with E-state index >= 15 is 0 Å². The zero-order valence-electron chi connectivity index (χ0n) is 4.53. The first kappa shape index (κ1) is 8.28. The van der Waals surface area contributed by atoms with Gasteiger partial charge in [0.2, 0.25) is 0 Å². The Bertz CT molecular complexity index is 63.4. The molecule has 0 fully saturated rings. The van der Waals surface area contributed by atoms with Crippen molar-refractivity contribution in [3.05, 3.63) is 11.6 Å². The van der Waals surface area contributed by atoms with Crippen LogP contribution in [0.2, 0.25) is 0 Å². The van der Waals surface area contributed by atoms with Gasteiger partial charge in [0, 0.05) is 24.5 Å². The van der Waals surface area contributed by atoms with Gasteiger partial charge >= 0.3 is 0 Å². The Morgan fingerprint density at radius 1 is 1.50 bits per heavy atom. The van der Waals surface area contributed by atoms with Crippen LogP contribution in [0.15, 0.2) is 11.6 Å². The number of hydrogen-bond donors (Lipinski definition) is 1. The summed E-state index contributed by atoms with van der Waals surface area (Å²) in [5, 5.41) is 3.03. The minimum atomic E-state index is 0.649. The maximum atomic E-state index is 5.36. The molecule has 3 heteroatoms. The van der Waals surface area contributed by atoms with Gasteiger partial charge < -0.3 is 5.32 Å². The lowest BCUT2D eigenvalue weighted by atomic mass is 10.6. The first-order valence-electron chi connectivity index (χ1n) is 2.43. The van der Waals surface area contributed by atoms with Gasteiger partial charge in [0.1, 0.15) is 0 Å². The van der Waals surface area contributed by atoms with Crippen LogP contribution in [0.1, 0.15) is 0 Å². The van der Waals surface area contributed by atoms with Crippen molar-refractivity contribution in [3.8, 4) is 0 Å². The van der Waals surface area contributed by atoms with Crippen LogP contribution >= 0.6 is 23.2 Å². The molecule has 1 N–H and O–H groups in total. The summed E-state index contributed by atoms with van der Waals surface area (Å²) >= 11 is 10.6. The van der Waals surface area contributed by atoms with Crippen molar-refractivity contribution >= 4 is 23.2 Å². The summed E-state index contributed by atoms with van der Waals surface area (Å²) in [5.41, 5.74) is 1.49. The summed E-state index contributed by atoms with van der Waals surface area (Å²) in [4.78, 5) is 0. The molecule has 0 unspecified atom stereocenters. The molecular formula is C5H9Cl2N. The maximum absolute atomic E-state index is 5.36. The van der Waals surface area contributed by atoms with E-state index in [0.29, 0.717) is 5.88 Å². The molecule has 0 spiro atoms. The van der Waals surface area contributed by atoms with Gasteiger partial charge in [-0.2, -0.15) is 0 Å². The second-order valence-electron chi connectivity index (χ2n) is 1.25. The van der Waals surface area contributed by atoms with E-state index in [1.54, 1.807) is 0 Å². The van der Waals surface area contributed by atoms with Crippen LogP contribution < -0.4 is 5.32 Å². The normalized spacial score (nSPS) is 10.8. The predicted octanol–water partition coefficient (Wildman–Crippen LogP) is 1.57. The molecule has 0 aromatic carbocycles. The van der Waals surface area contributed by atoms with Gasteiger partial charge in [-0.05, 0) is 0 Å². The van der Waals surface area contributed by atoms with Gasteiger partial charge in [-0.3, -0.25) is 0 Å². The Labute approximate surface area is 59.7 Å². The zero-order valence-corrected chi connectivity index (χ0v) is 6.04. The van der Waals surface area contributed by atoms with Crippen LogP contribution in [-0.2, 0) is 0 Å². The fourth-order valence-electron chi connectivity index (χ4n) is 0.297. The largest absolute Gasteiger partial charge is 0.312 e. The Morgan fingerprint density at radius 2 is 2.25 bits per heavy atom. The second kappa shape index (κ2) is 7.28. The third-order valence-corrected chi connectivity index (χ3v) is 0.990. The molecule has 0 aromatic heterocycles. The summed E-state index contributed by atoms with van der Waals surface area (Å²) in [6.45, 7) is 1.64. The van der Waals surface area contributed by atoms with Crippen LogP contribution in [0.25, 0.3) is 0 Å². The SMILES string of the molecule is Cl/C=C/CNCCCl. The molecule has 0 aliphatic carbocycles. The first-order valence-corrected chi connectivity index (χ1v) is 3.41. The van der Waals surface area contributed by atoms with Crippen molar-refractivity contribution in [2.45, 2.75) is 0 Å². The topological polar surface area (TPSA) is 12.0 Å². The summed E-state index contributed by atoms with van der Waals surface area (Å²) < 4.78 is 0. The number of alkyl halides is 1. The highest BCUT2D eigenvalue weighted by molar-refractivity contribution is 6.25. The standard InChI is InChI=1S/C5H9Cl2N/c6-2-1-4-8-5-3-7/h1-2,8H,3-5H2/b2-1+. The van der Waals surface area contributed by atoms with Crippen molar-refractivity contribution < 1.29 is 0 Å². The molecule has 1 nitrogen and oxygen atoms in total. The Hall–Kier alpha value is 0.280. The molecule has 0 aliphatic heterocycles. The lowest BCUT2D eigenvalue weighted by Gasteiger charge is -1.92. The lowest BCUT2D eigenvalue weighted by Crippen LogP contribution is -2.15. The number of nitrogens with one attached hydrogen (secondary N) is 1. The monoisotopic (exact) mass is 153 g/mol. The molecule has 0 aliphatic rings. The molecule has 0 radical (unpaired) electrons. The molecule has 0 saturated carbocycles. The lowest BCUT2D eigenvalue weighted by molar-refractivity contribution is 0.804. The molecule has 0 saturated heterocycles. The molecule has 48 valence electrons. The smallest absolute Gasteiger partial charge is 0.0348 e. The van der Waals surface area contributed by atoms with Crippen molar-refractivity contribution in [1.82, 2.24) is 5.32 Å². The Morgan fingerprint density at radius 3 is 2.75 bits per heavy atom. The highest BCUT2D eigenvalue weighted by atomic mass is 35.5. The van der Waals surface area contributed by atoms with Gasteiger partial charge in [0.25, 0.3) is 0 Å². The average molecular weight is 154 g/mol. The highest BCUT2D eigenvalue weighted by Crippen LogP contribution is 1.75. The molecule has 8 heavy (non-hydrogen) atoms. The van der Waals surface area contributed by atoms with E-state index in [0.717, 1.165) is 13.1 Å². The van der Waals surface area contributed by atoms with E-state index in [4.69, 9.17) is 23.2 Å². The fraction of sp³-hybridized carbons (Fsp3) is 0.600. The van der Waals surface area contributed by atoms with Gasteiger partial charge in [-0.25, -0.2) is 0 Å². The summed E-state index contributed by atoms with van der Waals surface area (Å²) in [6, 6.07) is 0. The van der Waals surface area contributed by atoms with Gasteiger partial charge in [0.05, 0.1) is 0 Å². The molecular weight excluding hydrogens is 145 g/mol. The van der Waals surface area contributed by atoms with E-state index in [2.05, 4.69) is 5.32 Å². The quantitative estimate of drug-likeness (QED) is 0.478. The minimum absolute atomic E-state index is 0.649. The molecule has 0 bridgehead atoms. The number of halogens is 2. The van der Waals surface area contributed by atoms with Crippen LogP contribution in [0.3, 0.4) is 0 Å². The third kappa shape index (κ3) is 6.28. The molecule has 0 heterocycles. The summed E-state index contributed by atoms with van der Waals surface area (Å²) in [7, 11) is 0.